The zero-order valence-electron chi connectivity index (χ0n) is 16.9. The number of halogens is 3. The van der Waals surface area contributed by atoms with Gasteiger partial charge in [0.1, 0.15) is 11.3 Å². The lowest BCUT2D eigenvalue weighted by Crippen LogP contribution is -2.22. The summed E-state index contributed by atoms with van der Waals surface area (Å²) in [6.45, 7) is 2.43. The van der Waals surface area contributed by atoms with Gasteiger partial charge in [0, 0.05) is 24.4 Å². The van der Waals surface area contributed by atoms with Gasteiger partial charge >= 0.3 is 6.18 Å². The number of nitrogens with two attached hydrogens (primary N) is 1. The van der Waals surface area contributed by atoms with E-state index in [9.17, 15) is 13.2 Å². The lowest BCUT2D eigenvalue weighted by molar-refractivity contribution is -0.137. The van der Waals surface area contributed by atoms with E-state index in [4.69, 9.17) is 10.5 Å². The van der Waals surface area contributed by atoms with Crippen molar-refractivity contribution in [1.29, 1.82) is 0 Å². The molecule has 1 atom stereocenters. The number of benzene rings is 2. The Balaban J connectivity index is 1.48. The number of para-hydroxylation sites is 1. The van der Waals surface area contributed by atoms with Crippen LogP contribution in [-0.2, 0) is 12.6 Å². The van der Waals surface area contributed by atoms with Crippen LogP contribution in [0.25, 0.3) is 16.6 Å². The number of ether oxygens (including phenoxy) is 1. The average molecular weight is 430 g/mol. The normalized spacial score (nSPS) is 13.1. The van der Waals surface area contributed by atoms with E-state index < -0.39 is 11.7 Å². The van der Waals surface area contributed by atoms with Gasteiger partial charge in [0.2, 0.25) is 5.95 Å². The van der Waals surface area contributed by atoms with Crippen molar-refractivity contribution in [2.45, 2.75) is 25.6 Å². The zero-order chi connectivity index (χ0) is 22.2. The number of aromatic nitrogens is 4. The van der Waals surface area contributed by atoms with E-state index >= 15 is 0 Å². The third kappa shape index (κ3) is 4.11. The van der Waals surface area contributed by atoms with Crippen LogP contribution in [0.5, 0.6) is 5.75 Å². The quantitative estimate of drug-likeness (QED) is 0.484. The SMILES string of the molecule is COc1cccc2c1nc(N)n1nc(CCN[C@H](C)c3ccc(C(F)(F)F)cc3)nc21. The van der Waals surface area contributed by atoms with E-state index in [-0.39, 0.29) is 12.0 Å². The Kier molecular flexibility index (Phi) is 5.40. The van der Waals surface area contributed by atoms with E-state index in [1.807, 2.05) is 19.1 Å². The molecule has 10 heteroatoms. The first-order valence-corrected chi connectivity index (χ1v) is 9.66. The Bertz CT molecular complexity index is 1220. The Morgan fingerprint density at radius 1 is 1.13 bits per heavy atom. The van der Waals surface area contributed by atoms with Crippen LogP contribution in [0.4, 0.5) is 19.1 Å². The van der Waals surface area contributed by atoms with Crippen molar-refractivity contribution in [3.05, 3.63) is 59.4 Å². The summed E-state index contributed by atoms with van der Waals surface area (Å²) in [6, 6.07) is 10.5. The second-order valence-electron chi connectivity index (χ2n) is 7.14. The van der Waals surface area contributed by atoms with Crippen molar-refractivity contribution in [2.24, 2.45) is 0 Å². The molecule has 7 nitrogen and oxygen atoms in total. The molecule has 2 heterocycles. The highest BCUT2D eigenvalue weighted by Crippen LogP contribution is 2.30. The molecule has 0 aliphatic carbocycles. The number of anilines is 1. The van der Waals surface area contributed by atoms with Crippen LogP contribution in [0, 0.1) is 0 Å². The van der Waals surface area contributed by atoms with Gasteiger partial charge in [0.05, 0.1) is 12.7 Å². The molecule has 4 aromatic rings. The second kappa shape index (κ2) is 8.03. The summed E-state index contributed by atoms with van der Waals surface area (Å²) in [6.07, 6.45) is -3.83. The number of fused-ring (bicyclic) bond motifs is 3. The maximum atomic E-state index is 12.7. The number of nitrogens with zero attached hydrogens (tertiary/aromatic N) is 4. The number of hydrogen-bond acceptors (Lipinski definition) is 6. The molecule has 0 radical (unpaired) electrons. The predicted octanol–water partition coefficient (Wildman–Crippen LogP) is 3.78. The molecule has 162 valence electrons. The van der Waals surface area contributed by atoms with Crippen LogP contribution in [-0.4, -0.2) is 33.2 Å². The summed E-state index contributed by atoms with van der Waals surface area (Å²) in [4.78, 5) is 8.97. The first kappa shape index (κ1) is 20.9. The smallest absolute Gasteiger partial charge is 0.416 e. The van der Waals surface area contributed by atoms with Crippen LogP contribution < -0.4 is 15.8 Å². The third-order valence-electron chi connectivity index (χ3n) is 5.09. The second-order valence-corrected chi connectivity index (χ2v) is 7.14. The highest BCUT2D eigenvalue weighted by Gasteiger charge is 2.30. The van der Waals surface area contributed by atoms with Gasteiger partial charge in [-0.1, -0.05) is 18.2 Å². The van der Waals surface area contributed by atoms with Gasteiger partial charge in [-0.25, -0.2) is 9.97 Å². The summed E-state index contributed by atoms with van der Waals surface area (Å²) >= 11 is 0. The van der Waals surface area contributed by atoms with E-state index in [1.165, 1.54) is 16.6 Å². The van der Waals surface area contributed by atoms with Crippen molar-refractivity contribution >= 4 is 22.5 Å². The van der Waals surface area contributed by atoms with Gasteiger partial charge in [-0.2, -0.15) is 17.7 Å². The molecule has 0 saturated carbocycles. The fourth-order valence-electron chi connectivity index (χ4n) is 3.42. The molecule has 0 saturated heterocycles. The maximum Gasteiger partial charge on any atom is 0.416 e. The first-order valence-electron chi connectivity index (χ1n) is 9.66. The Hall–Kier alpha value is -3.40. The van der Waals surface area contributed by atoms with Gasteiger partial charge in [-0.15, -0.1) is 5.10 Å². The van der Waals surface area contributed by atoms with Crippen molar-refractivity contribution in [3.8, 4) is 5.75 Å². The van der Waals surface area contributed by atoms with E-state index in [2.05, 4.69) is 20.4 Å². The number of nitrogens with one attached hydrogen (secondary N) is 1. The molecule has 4 rings (SSSR count). The number of nitrogen functional groups attached to an aromatic ring is 1. The van der Waals surface area contributed by atoms with Crippen LogP contribution >= 0.6 is 0 Å². The van der Waals surface area contributed by atoms with Crippen LogP contribution in [0.3, 0.4) is 0 Å². The molecule has 31 heavy (non-hydrogen) atoms. The Morgan fingerprint density at radius 2 is 1.87 bits per heavy atom. The largest absolute Gasteiger partial charge is 0.494 e. The molecule has 2 aromatic carbocycles. The summed E-state index contributed by atoms with van der Waals surface area (Å²) in [7, 11) is 1.57. The van der Waals surface area contributed by atoms with Crippen molar-refractivity contribution in [2.75, 3.05) is 19.4 Å². The molecule has 0 unspecified atom stereocenters. The summed E-state index contributed by atoms with van der Waals surface area (Å²) in [5.74, 6) is 1.39. The van der Waals surface area contributed by atoms with Gasteiger partial charge in [-0.3, -0.25) is 0 Å². The third-order valence-corrected chi connectivity index (χ3v) is 5.09. The minimum atomic E-state index is -4.34. The fraction of sp³-hybridized carbons (Fsp3) is 0.286. The van der Waals surface area contributed by atoms with Gasteiger partial charge in [-0.05, 0) is 36.8 Å². The predicted molar refractivity (Wildman–Crippen MR) is 111 cm³/mol. The lowest BCUT2D eigenvalue weighted by atomic mass is 10.1. The van der Waals surface area contributed by atoms with Crippen LogP contribution in [0.1, 0.15) is 29.9 Å². The summed E-state index contributed by atoms with van der Waals surface area (Å²) < 4.78 is 45.0. The lowest BCUT2D eigenvalue weighted by Gasteiger charge is -2.15. The van der Waals surface area contributed by atoms with E-state index in [0.29, 0.717) is 35.7 Å². The number of hydrogen-bond donors (Lipinski definition) is 2. The van der Waals surface area contributed by atoms with Crippen molar-refractivity contribution < 1.29 is 17.9 Å². The molecule has 0 amide bonds. The van der Waals surface area contributed by atoms with Gasteiger partial charge < -0.3 is 15.8 Å². The summed E-state index contributed by atoms with van der Waals surface area (Å²) in [5.41, 5.74) is 7.36. The number of alkyl halides is 3. The molecule has 0 fully saturated rings. The average Bonchev–Trinajstić information content (AvgIpc) is 3.18. The molecular formula is C21H21F3N6O. The molecule has 0 bridgehead atoms. The molecular weight excluding hydrogens is 409 g/mol. The monoisotopic (exact) mass is 430 g/mol. The topological polar surface area (TPSA) is 90.4 Å². The highest BCUT2D eigenvalue weighted by atomic mass is 19.4. The molecule has 0 aliphatic rings. The van der Waals surface area contributed by atoms with Crippen molar-refractivity contribution in [1.82, 2.24) is 24.9 Å². The number of rotatable bonds is 6. The van der Waals surface area contributed by atoms with Gasteiger partial charge in [0.25, 0.3) is 0 Å². The zero-order valence-corrected chi connectivity index (χ0v) is 16.9. The molecule has 0 spiro atoms. The minimum Gasteiger partial charge on any atom is -0.494 e. The molecule has 0 aliphatic heterocycles. The molecule has 2 aromatic heterocycles. The highest BCUT2D eigenvalue weighted by molar-refractivity contribution is 5.95. The maximum absolute atomic E-state index is 12.7. The minimum absolute atomic E-state index is 0.129. The van der Waals surface area contributed by atoms with E-state index in [0.717, 1.165) is 23.1 Å². The van der Waals surface area contributed by atoms with Crippen LogP contribution in [0.2, 0.25) is 0 Å². The summed E-state index contributed by atoms with van der Waals surface area (Å²) in [5, 5.41) is 8.50. The van der Waals surface area contributed by atoms with Crippen LogP contribution in [0.15, 0.2) is 42.5 Å². The fourth-order valence-corrected chi connectivity index (χ4v) is 3.42. The Labute approximate surface area is 176 Å². The van der Waals surface area contributed by atoms with Gasteiger partial charge in [0.15, 0.2) is 11.5 Å². The Morgan fingerprint density at radius 3 is 2.55 bits per heavy atom. The van der Waals surface area contributed by atoms with Crippen molar-refractivity contribution in [3.63, 3.8) is 0 Å². The van der Waals surface area contributed by atoms with E-state index in [1.54, 1.807) is 13.2 Å². The molecule has 3 N–H and O–H groups in total. The first-order chi connectivity index (χ1) is 14.8. The number of methoxy groups -OCH3 is 1. The standard InChI is InChI=1S/C21H21F3N6O/c1-12(13-6-8-14(9-7-13)21(22,23)24)26-11-10-17-27-19-15-4-3-5-16(31-2)18(15)28-20(25)30(19)29-17/h3-9,12,26H,10-11H2,1-2H3,(H2,25,28)/t12-/m1/s1.